The maximum Gasteiger partial charge on any atom is 0.113 e. The van der Waals surface area contributed by atoms with Crippen molar-refractivity contribution in [3.63, 3.8) is 0 Å². The number of fused-ring (bicyclic) bond motifs is 2. The lowest BCUT2D eigenvalue weighted by Crippen LogP contribution is -2.65. The summed E-state index contributed by atoms with van der Waals surface area (Å²) < 4.78 is 4.37. The number of rotatable bonds is 9. The number of likely N-dealkylation sites (tertiary alicyclic amines) is 1. The second kappa shape index (κ2) is 13.4. The smallest absolute Gasteiger partial charge is 0.113 e. The van der Waals surface area contributed by atoms with Crippen molar-refractivity contribution in [3.8, 4) is 22.5 Å². The van der Waals surface area contributed by atoms with Gasteiger partial charge < -0.3 is 4.90 Å². The number of nitrogens with zero attached hydrogens (tertiary/aromatic N) is 7. The summed E-state index contributed by atoms with van der Waals surface area (Å²) in [4.78, 5) is 2.85. The molecule has 1 saturated heterocycles. The maximum absolute atomic E-state index is 4.84. The molecule has 1 spiro atoms. The van der Waals surface area contributed by atoms with Crippen molar-refractivity contribution in [2.24, 2.45) is 51.8 Å². The SMILES string of the molecule is CC(C)C1=CC23CC[C@H]4[C@](C)(CN5CCCCC5)CCC[C@]4(C)[C@H]2C[C@@H]1[C@H](Cn1cc(-c2ccccc2)nn1)[C@H]3Cn1cc(-c2ccccc2)nn1. The van der Waals surface area contributed by atoms with Gasteiger partial charge in [0.1, 0.15) is 11.4 Å². The van der Waals surface area contributed by atoms with Crippen LogP contribution in [0, 0.1) is 51.8 Å². The van der Waals surface area contributed by atoms with Crippen molar-refractivity contribution < 1.29 is 0 Å². The van der Waals surface area contributed by atoms with Crippen LogP contribution in [0.2, 0.25) is 0 Å². The molecule has 52 heavy (non-hydrogen) atoms. The second-order valence-electron chi connectivity index (χ2n) is 18.4. The predicted molar refractivity (Wildman–Crippen MR) is 208 cm³/mol. The molecule has 0 N–H and O–H groups in total. The summed E-state index contributed by atoms with van der Waals surface area (Å²) in [6.45, 7) is 16.0. The Morgan fingerprint density at radius 2 is 1.37 bits per heavy atom. The number of hydrogen-bond donors (Lipinski definition) is 0. The Morgan fingerprint density at radius 3 is 2.00 bits per heavy atom. The topological polar surface area (TPSA) is 64.7 Å². The molecule has 3 saturated carbocycles. The maximum atomic E-state index is 4.84. The molecule has 2 bridgehead atoms. The molecule has 0 amide bonds. The fraction of sp³-hybridized carbons (Fsp3) is 0.600. The molecule has 6 aliphatic rings. The first-order valence-corrected chi connectivity index (χ1v) is 20.6. The molecule has 4 fully saturated rings. The first-order chi connectivity index (χ1) is 25.3. The zero-order valence-corrected chi connectivity index (χ0v) is 32.0. The van der Waals surface area contributed by atoms with Crippen molar-refractivity contribution in [2.45, 2.75) is 98.6 Å². The summed E-state index contributed by atoms with van der Waals surface area (Å²) in [6.07, 6.45) is 19.5. The Morgan fingerprint density at radius 1 is 0.731 bits per heavy atom. The van der Waals surface area contributed by atoms with Crippen LogP contribution < -0.4 is 0 Å². The van der Waals surface area contributed by atoms with E-state index in [4.69, 9.17) is 15.5 Å². The Bertz CT molecular complexity index is 1870. The largest absolute Gasteiger partial charge is 0.303 e. The van der Waals surface area contributed by atoms with E-state index >= 15 is 0 Å². The van der Waals surface area contributed by atoms with Gasteiger partial charge in [-0.2, -0.15) is 0 Å². The van der Waals surface area contributed by atoms with Gasteiger partial charge in [-0.05, 0) is 110 Å². The number of allylic oxidation sites excluding steroid dienone is 2. The minimum absolute atomic E-state index is 0.134. The normalized spacial score (nSPS) is 34.6. The summed E-state index contributed by atoms with van der Waals surface area (Å²) in [5, 5.41) is 19.0. The lowest BCUT2D eigenvalue weighted by atomic mass is 9.34. The van der Waals surface area contributed by atoms with Crippen LogP contribution in [0.5, 0.6) is 0 Å². The van der Waals surface area contributed by atoms with E-state index in [0.717, 1.165) is 41.5 Å². The molecule has 2 aromatic heterocycles. The van der Waals surface area contributed by atoms with Gasteiger partial charge in [0.05, 0.1) is 12.4 Å². The summed E-state index contributed by atoms with van der Waals surface area (Å²) >= 11 is 0. The molecule has 1 unspecified atom stereocenters. The summed E-state index contributed by atoms with van der Waals surface area (Å²) in [5.41, 5.74) is 6.76. The molecule has 0 radical (unpaired) electrons. The van der Waals surface area contributed by atoms with Crippen molar-refractivity contribution in [3.05, 3.63) is 84.7 Å². The number of aromatic nitrogens is 6. The molecular formula is C45H59N7. The van der Waals surface area contributed by atoms with Crippen LogP contribution in [0.1, 0.15) is 85.5 Å². The van der Waals surface area contributed by atoms with E-state index in [9.17, 15) is 0 Å². The van der Waals surface area contributed by atoms with Crippen molar-refractivity contribution >= 4 is 0 Å². The Kier molecular flexibility index (Phi) is 8.79. The highest BCUT2D eigenvalue weighted by atomic mass is 15.4. The van der Waals surface area contributed by atoms with Crippen LogP contribution in [-0.4, -0.2) is 54.5 Å². The van der Waals surface area contributed by atoms with E-state index < -0.39 is 0 Å². The molecular weight excluding hydrogens is 639 g/mol. The van der Waals surface area contributed by atoms with Crippen LogP contribution in [0.4, 0.5) is 0 Å². The van der Waals surface area contributed by atoms with Gasteiger partial charge in [-0.1, -0.05) is 123 Å². The molecule has 2 aromatic carbocycles. The molecule has 10 rings (SSSR count). The highest BCUT2D eigenvalue weighted by Gasteiger charge is 2.67. The predicted octanol–water partition coefficient (Wildman–Crippen LogP) is 9.45. The van der Waals surface area contributed by atoms with E-state index in [-0.39, 0.29) is 5.41 Å². The lowest BCUT2D eigenvalue weighted by Gasteiger charge is -2.71. The van der Waals surface area contributed by atoms with Gasteiger partial charge in [-0.25, -0.2) is 0 Å². The van der Waals surface area contributed by atoms with Gasteiger partial charge in [-0.15, -0.1) is 10.2 Å². The molecule has 7 heteroatoms. The van der Waals surface area contributed by atoms with Gasteiger partial charge in [-0.3, -0.25) is 9.36 Å². The van der Waals surface area contributed by atoms with E-state index in [1.165, 1.54) is 77.4 Å². The van der Waals surface area contributed by atoms with Crippen LogP contribution in [0.25, 0.3) is 22.5 Å². The van der Waals surface area contributed by atoms with Gasteiger partial charge in [0.25, 0.3) is 0 Å². The van der Waals surface area contributed by atoms with Crippen LogP contribution in [0.15, 0.2) is 84.7 Å². The van der Waals surface area contributed by atoms with E-state index in [1.807, 2.05) is 0 Å². The standard InChI is InChI=1S/C45H59N7/c1-32(2)36-26-45-22-19-41-43(3,31-50-23-12-7-13-24-50)20-14-21-44(41,4)42(45)25-35(36)37(27-51-29-39(46-48-51)33-15-8-5-9-16-33)38(45)28-52-30-40(47-49-52)34-17-10-6-11-18-34/h5-6,8-11,15-18,26,29-30,32,35,37-38,41-42H,7,12-14,19-25,27-28,31H2,1-4H3/t35-,37-,38+,41-,42+,43-,44-,45?/m0/s1. The van der Waals surface area contributed by atoms with E-state index in [2.05, 4.69) is 126 Å². The molecule has 274 valence electrons. The van der Waals surface area contributed by atoms with E-state index in [0.29, 0.717) is 40.4 Å². The second-order valence-corrected chi connectivity index (χ2v) is 18.4. The first-order valence-electron chi connectivity index (χ1n) is 20.6. The molecule has 1 aliphatic heterocycles. The summed E-state index contributed by atoms with van der Waals surface area (Å²) in [7, 11) is 0. The summed E-state index contributed by atoms with van der Waals surface area (Å²) in [6, 6.07) is 21.1. The number of piperidine rings is 1. The van der Waals surface area contributed by atoms with Crippen molar-refractivity contribution in [1.82, 2.24) is 34.9 Å². The first kappa shape index (κ1) is 34.2. The molecule has 8 atom stereocenters. The fourth-order valence-electron chi connectivity index (χ4n) is 13.1. The Hall–Kier alpha value is -3.58. The third kappa shape index (κ3) is 5.81. The van der Waals surface area contributed by atoms with Crippen LogP contribution in [-0.2, 0) is 13.1 Å². The van der Waals surface area contributed by atoms with E-state index in [1.54, 1.807) is 5.57 Å². The van der Waals surface area contributed by atoms with Gasteiger partial charge in [0.15, 0.2) is 0 Å². The zero-order valence-electron chi connectivity index (χ0n) is 32.0. The summed E-state index contributed by atoms with van der Waals surface area (Å²) in [5.74, 6) is 3.43. The third-order valence-electron chi connectivity index (χ3n) is 15.2. The quantitative estimate of drug-likeness (QED) is 0.163. The molecule has 5 aliphatic carbocycles. The minimum Gasteiger partial charge on any atom is -0.303 e. The molecule has 3 heterocycles. The van der Waals surface area contributed by atoms with Crippen molar-refractivity contribution in [2.75, 3.05) is 19.6 Å². The monoisotopic (exact) mass is 697 g/mol. The number of benzene rings is 2. The van der Waals surface area contributed by atoms with Gasteiger partial charge in [0, 0.05) is 30.8 Å². The third-order valence-corrected chi connectivity index (χ3v) is 15.2. The van der Waals surface area contributed by atoms with Crippen molar-refractivity contribution in [1.29, 1.82) is 0 Å². The Balaban J connectivity index is 1.10. The highest BCUT2D eigenvalue weighted by Crippen LogP contribution is 2.73. The number of hydrogen-bond acceptors (Lipinski definition) is 5. The minimum atomic E-state index is 0.134. The molecule has 4 aromatic rings. The van der Waals surface area contributed by atoms with Crippen LogP contribution in [0.3, 0.4) is 0 Å². The zero-order chi connectivity index (χ0) is 35.5. The van der Waals surface area contributed by atoms with Crippen LogP contribution >= 0.6 is 0 Å². The average Bonchev–Trinajstić information content (AvgIpc) is 3.84. The Labute approximate surface area is 311 Å². The van der Waals surface area contributed by atoms with Gasteiger partial charge >= 0.3 is 0 Å². The molecule has 7 nitrogen and oxygen atoms in total. The highest BCUT2D eigenvalue weighted by molar-refractivity contribution is 5.57. The van der Waals surface area contributed by atoms with Gasteiger partial charge in [0.2, 0.25) is 0 Å². The lowest BCUT2D eigenvalue weighted by molar-refractivity contribution is -0.191. The fourth-order valence-corrected chi connectivity index (χ4v) is 13.1. The average molecular weight is 698 g/mol.